The molecule has 0 aromatic carbocycles. The van der Waals surface area contributed by atoms with Gasteiger partial charge in [0.2, 0.25) is 0 Å². The third-order valence-electron chi connectivity index (χ3n) is 0.269. The van der Waals surface area contributed by atoms with E-state index in [1.807, 2.05) is 16.6 Å². The van der Waals surface area contributed by atoms with Crippen LogP contribution >= 0.6 is 23.2 Å². The molecule has 34 valence electrons. The highest BCUT2D eigenvalue weighted by Gasteiger charge is 1.92. The Kier molecular flexibility index (Phi) is 4.99. The zero-order chi connectivity index (χ0) is 4.99. The van der Waals surface area contributed by atoms with Gasteiger partial charge in [-0.3, -0.25) is 0 Å². The highest BCUT2D eigenvalue weighted by atomic mass is 35.5. The van der Waals surface area contributed by atoms with Gasteiger partial charge in [0, 0.05) is 0 Å². The molecule has 0 aromatic rings. The molecule has 0 aliphatic rings. The predicted octanol–water partition coefficient (Wildman–Crippen LogP) is 0.890. The quantitative estimate of drug-likeness (QED) is 0.409. The summed E-state index contributed by atoms with van der Waals surface area (Å²) in [4.78, 5) is 0. The summed E-state index contributed by atoms with van der Waals surface area (Å²) in [6.45, 7) is 0. The highest BCUT2D eigenvalue weighted by Crippen LogP contribution is 1.95. The van der Waals surface area contributed by atoms with Crippen molar-refractivity contribution in [2.75, 3.05) is 5.88 Å². The Morgan fingerprint density at radius 2 is 2.33 bits per heavy atom. The molecule has 0 N–H and O–H groups in total. The first-order valence-electron chi connectivity index (χ1n) is 1.37. The van der Waals surface area contributed by atoms with Crippen molar-refractivity contribution < 1.29 is 3.79 Å². The van der Waals surface area contributed by atoms with Crippen molar-refractivity contribution in [2.24, 2.45) is 0 Å². The van der Waals surface area contributed by atoms with Crippen molar-refractivity contribution in [3.05, 3.63) is 0 Å². The minimum absolute atomic E-state index is 0.324. The van der Waals surface area contributed by atoms with Gasteiger partial charge in [-0.05, 0) is 0 Å². The van der Waals surface area contributed by atoms with E-state index in [4.69, 9.17) is 23.2 Å². The van der Waals surface area contributed by atoms with Crippen LogP contribution < -0.4 is 0 Å². The summed E-state index contributed by atoms with van der Waals surface area (Å²) >= 11 is 12.5. The minimum Gasteiger partial charge on any atom is -0.502 e. The van der Waals surface area contributed by atoms with Crippen molar-refractivity contribution in [1.82, 2.24) is 0 Å². The van der Waals surface area contributed by atoms with Crippen LogP contribution in [-0.4, -0.2) is 28.1 Å². The van der Waals surface area contributed by atoms with Crippen molar-refractivity contribution >= 4 is 39.8 Å². The molecule has 0 aromatic heterocycles. The molecule has 4 heteroatoms. The number of hydrogen-bond acceptors (Lipinski definition) is 1. The second kappa shape index (κ2) is 4.24. The molecular formula is C2H3AlCl2O. The number of halogens is 2. The van der Waals surface area contributed by atoms with Crippen LogP contribution in [0.3, 0.4) is 0 Å². The van der Waals surface area contributed by atoms with E-state index in [0.717, 1.165) is 0 Å². The first kappa shape index (κ1) is 7.07. The van der Waals surface area contributed by atoms with Crippen molar-refractivity contribution in [2.45, 2.75) is 5.56 Å². The zero-order valence-corrected chi connectivity index (χ0v) is 5.69. The van der Waals surface area contributed by atoms with Gasteiger partial charge >= 0.3 is 16.6 Å². The van der Waals surface area contributed by atoms with Crippen LogP contribution in [-0.2, 0) is 3.79 Å². The summed E-state index contributed by atoms with van der Waals surface area (Å²) in [5, 5.41) is 0. The monoisotopic (exact) mass is 140 g/mol. The molecule has 0 heterocycles. The first-order chi connectivity index (χ1) is 2.81. The number of alkyl halides is 2. The molecule has 1 atom stereocenters. The van der Waals surface area contributed by atoms with Gasteiger partial charge in [0.1, 0.15) is 5.56 Å². The van der Waals surface area contributed by atoms with Crippen LogP contribution in [0.2, 0.25) is 0 Å². The van der Waals surface area contributed by atoms with Crippen LogP contribution in [0.15, 0.2) is 0 Å². The zero-order valence-electron chi connectivity index (χ0n) is 3.03. The second-order valence-corrected chi connectivity index (χ2v) is 1.77. The van der Waals surface area contributed by atoms with Crippen LogP contribution in [0.5, 0.6) is 0 Å². The molecule has 0 bridgehead atoms. The van der Waals surface area contributed by atoms with Gasteiger partial charge in [0.15, 0.2) is 0 Å². The fraction of sp³-hybridized carbons (Fsp3) is 1.00. The first-order valence-corrected chi connectivity index (χ1v) is 2.81. The smallest absolute Gasteiger partial charge is 0.371 e. The highest BCUT2D eigenvalue weighted by molar-refractivity contribution is 6.28. The normalized spacial score (nSPS) is 14.3. The number of hydrogen-bond donors (Lipinski definition) is 0. The minimum atomic E-state index is -0.364. The van der Waals surface area contributed by atoms with E-state index in [0.29, 0.717) is 5.88 Å². The van der Waals surface area contributed by atoms with Gasteiger partial charge in [-0.15, -0.1) is 11.6 Å². The van der Waals surface area contributed by atoms with Gasteiger partial charge in [0.25, 0.3) is 0 Å². The SMILES string of the molecule is [Al][O]C(Cl)CCl. The van der Waals surface area contributed by atoms with Gasteiger partial charge in [-0.1, -0.05) is 11.6 Å². The summed E-state index contributed by atoms with van der Waals surface area (Å²) in [5.74, 6) is 0.324. The Hall–Kier alpha value is 1.07. The molecule has 0 rings (SSSR count). The third-order valence-corrected chi connectivity index (χ3v) is 1.47. The molecular weight excluding hydrogens is 138 g/mol. The largest absolute Gasteiger partial charge is 0.502 e. The lowest BCUT2D eigenvalue weighted by Crippen LogP contribution is -2.02. The molecule has 1 nitrogen and oxygen atoms in total. The van der Waals surface area contributed by atoms with Gasteiger partial charge in [0.05, 0.1) is 5.88 Å². The van der Waals surface area contributed by atoms with E-state index < -0.39 is 0 Å². The Morgan fingerprint density at radius 1 is 1.83 bits per heavy atom. The van der Waals surface area contributed by atoms with Crippen LogP contribution in [0.1, 0.15) is 0 Å². The average Bonchev–Trinajstić information content (AvgIpc) is 1.65. The Balaban J connectivity index is 2.75. The molecule has 0 aliphatic heterocycles. The van der Waals surface area contributed by atoms with E-state index in [-0.39, 0.29) is 5.56 Å². The van der Waals surface area contributed by atoms with E-state index in [9.17, 15) is 0 Å². The van der Waals surface area contributed by atoms with Crippen molar-refractivity contribution in [1.29, 1.82) is 0 Å². The van der Waals surface area contributed by atoms with Crippen LogP contribution in [0.4, 0.5) is 0 Å². The summed E-state index contributed by atoms with van der Waals surface area (Å²) in [7, 11) is 0. The molecule has 0 saturated heterocycles. The molecule has 2 radical (unpaired) electrons. The average molecular weight is 141 g/mol. The predicted molar refractivity (Wildman–Crippen MR) is 27.2 cm³/mol. The summed E-state index contributed by atoms with van der Waals surface area (Å²) in [6.07, 6.45) is 0. The maximum atomic E-state index is 5.27. The fourth-order valence-corrected chi connectivity index (χ4v) is 0.327. The third kappa shape index (κ3) is 3.27. The molecule has 0 amide bonds. The Bertz CT molecular complexity index is 30.7. The molecule has 0 aliphatic carbocycles. The van der Waals surface area contributed by atoms with Crippen LogP contribution in [0, 0.1) is 0 Å². The van der Waals surface area contributed by atoms with Crippen LogP contribution in [0.25, 0.3) is 0 Å². The lowest BCUT2D eigenvalue weighted by molar-refractivity contribution is 0.335. The Labute approximate surface area is 55.3 Å². The summed E-state index contributed by atoms with van der Waals surface area (Å²) in [6, 6.07) is 0. The van der Waals surface area contributed by atoms with Gasteiger partial charge < -0.3 is 3.79 Å². The van der Waals surface area contributed by atoms with E-state index in [1.54, 1.807) is 0 Å². The van der Waals surface area contributed by atoms with E-state index in [2.05, 4.69) is 3.79 Å². The van der Waals surface area contributed by atoms with Gasteiger partial charge in [-0.25, -0.2) is 0 Å². The fourth-order valence-electron chi connectivity index (χ4n) is 0.0364. The number of rotatable bonds is 2. The summed E-state index contributed by atoms with van der Waals surface area (Å²) < 4.78 is 4.45. The molecule has 1 unspecified atom stereocenters. The molecule has 0 saturated carbocycles. The van der Waals surface area contributed by atoms with Gasteiger partial charge in [-0.2, -0.15) is 0 Å². The standard InChI is InChI=1S/C2H3Cl2O.Al/c3-1-2(4)5;/h2H,1H2;/q-1;+1. The maximum Gasteiger partial charge on any atom is 0.371 e. The van der Waals surface area contributed by atoms with Crippen molar-refractivity contribution in [3.63, 3.8) is 0 Å². The summed E-state index contributed by atoms with van der Waals surface area (Å²) in [5.41, 5.74) is -0.364. The second-order valence-electron chi connectivity index (χ2n) is 0.700. The maximum absolute atomic E-state index is 5.27. The Morgan fingerprint density at radius 3 is 2.33 bits per heavy atom. The lowest BCUT2D eigenvalue weighted by Gasteiger charge is -2.00. The van der Waals surface area contributed by atoms with Crippen molar-refractivity contribution in [3.8, 4) is 0 Å². The van der Waals surface area contributed by atoms with E-state index >= 15 is 0 Å². The molecule has 6 heavy (non-hydrogen) atoms. The lowest BCUT2D eigenvalue weighted by atomic mass is 10.9. The molecule has 0 fully saturated rings. The van der Waals surface area contributed by atoms with E-state index in [1.165, 1.54) is 0 Å². The topological polar surface area (TPSA) is 9.23 Å². The molecule has 0 spiro atoms.